The molecule has 140 valence electrons. The maximum absolute atomic E-state index is 12.7. The van der Waals surface area contributed by atoms with Crippen LogP contribution in [0.15, 0.2) is 53.4 Å². The van der Waals surface area contributed by atoms with Crippen molar-refractivity contribution in [2.24, 2.45) is 0 Å². The Morgan fingerprint density at radius 2 is 1.59 bits per heavy atom. The summed E-state index contributed by atoms with van der Waals surface area (Å²) >= 11 is 0. The molecule has 0 aromatic heterocycles. The third-order valence-corrected chi connectivity index (χ3v) is 6.40. The molecule has 1 heterocycles. The molecule has 3 rings (SSSR count). The van der Waals surface area contributed by atoms with Crippen molar-refractivity contribution in [3.8, 4) is 6.07 Å². The first-order chi connectivity index (χ1) is 12.9. The SMILES string of the molecule is CN1CCN(S(=O)(=O)c2ccc(NC(=O)c3ccc(C#N)cc3)cc2)CC1. The van der Waals surface area contributed by atoms with Gasteiger partial charge in [0.15, 0.2) is 0 Å². The number of piperazine rings is 1. The second kappa shape index (κ2) is 7.88. The number of nitrogens with zero attached hydrogens (tertiary/aromatic N) is 3. The van der Waals surface area contributed by atoms with E-state index in [1.165, 1.54) is 16.4 Å². The highest BCUT2D eigenvalue weighted by Gasteiger charge is 2.27. The van der Waals surface area contributed by atoms with Gasteiger partial charge >= 0.3 is 0 Å². The number of carbonyl (C=O) groups is 1. The molecule has 0 atom stereocenters. The van der Waals surface area contributed by atoms with E-state index in [0.717, 1.165) is 0 Å². The van der Waals surface area contributed by atoms with Gasteiger partial charge in [0.2, 0.25) is 10.0 Å². The van der Waals surface area contributed by atoms with Crippen LogP contribution in [0.2, 0.25) is 0 Å². The van der Waals surface area contributed by atoms with Gasteiger partial charge in [-0.1, -0.05) is 0 Å². The van der Waals surface area contributed by atoms with Gasteiger partial charge in [-0.05, 0) is 55.6 Å². The Kier molecular flexibility index (Phi) is 5.56. The molecule has 1 fully saturated rings. The number of likely N-dealkylation sites (N-methyl/N-ethyl adjacent to an activating group) is 1. The number of carbonyl (C=O) groups excluding carboxylic acids is 1. The van der Waals surface area contributed by atoms with Crippen LogP contribution in [-0.2, 0) is 10.0 Å². The molecule has 2 aromatic carbocycles. The van der Waals surface area contributed by atoms with Crippen molar-refractivity contribution in [1.29, 1.82) is 5.26 Å². The fourth-order valence-corrected chi connectivity index (χ4v) is 4.21. The van der Waals surface area contributed by atoms with E-state index in [9.17, 15) is 13.2 Å². The lowest BCUT2D eigenvalue weighted by Crippen LogP contribution is -2.46. The van der Waals surface area contributed by atoms with Crippen LogP contribution < -0.4 is 5.32 Å². The van der Waals surface area contributed by atoms with Crippen LogP contribution in [0.5, 0.6) is 0 Å². The largest absolute Gasteiger partial charge is 0.322 e. The van der Waals surface area contributed by atoms with E-state index in [-0.39, 0.29) is 10.8 Å². The highest BCUT2D eigenvalue weighted by atomic mass is 32.2. The Labute approximate surface area is 158 Å². The lowest BCUT2D eigenvalue weighted by atomic mass is 10.1. The summed E-state index contributed by atoms with van der Waals surface area (Å²) in [6.07, 6.45) is 0. The number of amides is 1. The first kappa shape index (κ1) is 19.0. The van der Waals surface area contributed by atoms with Gasteiger partial charge in [0.25, 0.3) is 5.91 Å². The van der Waals surface area contributed by atoms with Gasteiger partial charge < -0.3 is 10.2 Å². The molecule has 0 aliphatic carbocycles. The number of nitriles is 1. The fourth-order valence-electron chi connectivity index (χ4n) is 2.79. The van der Waals surface area contributed by atoms with E-state index in [1.54, 1.807) is 36.4 Å². The van der Waals surface area contributed by atoms with Crippen molar-refractivity contribution < 1.29 is 13.2 Å². The molecule has 2 aromatic rings. The molecule has 0 unspecified atom stereocenters. The van der Waals surface area contributed by atoms with Crippen molar-refractivity contribution in [3.63, 3.8) is 0 Å². The Balaban J connectivity index is 1.69. The van der Waals surface area contributed by atoms with Gasteiger partial charge in [0.05, 0.1) is 16.5 Å². The molecule has 1 N–H and O–H groups in total. The zero-order valence-electron chi connectivity index (χ0n) is 14.9. The summed E-state index contributed by atoms with van der Waals surface area (Å²) in [6.45, 7) is 2.35. The first-order valence-corrected chi connectivity index (χ1v) is 9.94. The summed E-state index contributed by atoms with van der Waals surface area (Å²) < 4.78 is 26.9. The minimum atomic E-state index is -3.53. The highest BCUT2D eigenvalue weighted by molar-refractivity contribution is 7.89. The molecule has 1 amide bonds. The average molecular weight is 384 g/mol. The van der Waals surface area contributed by atoms with E-state index in [2.05, 4.69) is 10.2 Å². The van der Waals surface area contributed by atoms with Crippen molar-refractivity contribution >= 4 is 21.6 Å². The van der Waals surface area contributed by atoms with Gasteiger partial charge in [-0.15, -0.1) is 0 Å². The molecule has 0 radical (unpaired) electrons. The molecule has 0 bridgehead atoms. The maximum Gasteiger partial charge on any atom is 0.255 e. The Morgan fingerprint density at radius 1 is 1.00 bits per heavy atom. The number of rotatable bonds is 4. The number of hydrogen-bond acceptors (Lipinski definition) is 5. The van der Waals surface area contributed by atoms with Crippen molar-refractivity contribution in [3.05, 3.63) is 59.7 Å². The van der Waals surface area contributed by atoms with E-state index in [4.69, 9.17) is 5.26 Å². The average Bonchev–Trinajstić information content (AvgIpc) is 2.69. The predicted octanol–water partition coefficient (Wildman–Crippen LogP) is 1.75. The zero-order chi connectivity index (χ0) is 19.4. The molecule has 8 heteroatoms. The van der Waals surface area contributed by atoms with Crippen LogP contribution >= 0.6 is 0 Å². The summed E-state index contributed by atoms with van der Waals surface area (Å²) in [5.41, 5.74) is 1.40. The standard InChI is InChI=1S/C19H20N4O3S/c1-22-10-12-23(13-11-22)27(25,26)18-8-6-17(7-9-18)21-19(24)16-4-2-15(14-20)3-5-16/h2-9H,10-13H2,1H3,(H,21,24). The monoisotopic (exact) mass is 384 g/mol. The molecule has 1 saturated heterocycles. The second-order valence-electron chi connectivity index (χ2n) is 6.38. The van der Waals surface area contributed by atoms with Gasteiger partial charge in [-0.3, -0.25) is 4.79 Å². The quantitative estimate of drug-likeness (QED) is 0.867. The van der Waals surface area contributed by atoms with Crippen LogP contribution in [0.3, 0.4) is 0 Å². The lowest BCUT2D eigenvalue weighted by Gasteiger charge is -2.31. The minimum absolute atomic E-state index is 0.212. The normalized spacial score (nSPS) is 15.9. The lowest BCUT2D eigenvalue weighted by molar-refractivity contribution is 0.102. The number of nitrogens with one attached hydrogen (secondary N) is 1. The van der Waals surface area contributed by atoms with Crippen LogP contribution in [0.25, 0.3) is 0 Å². The van der Waals surface area contributed by atoms with Gasteiger partial charge in [-0.25, -0.2) is 8.42 Å². The Morgan fingerprint density at radius 3 is 2.15 bits per heavy atom. The molecule has 7 nitrogen and oxygen atoms in total. The van der Waals surface area contributed by atoms with Gasteiger partial charge in [-0.2, -0.15) is 9.57 Å². The summed E-state index contributed by atoms with van der Waals surface area (Å²) in [5, 5.41) is 11.5. The van der Waals surface area contributed by atoms with Crippen molar-refractivity contribution in [1.82, 2.24) is 9.21 Å². The molecular weight excluding hydrogens is 364 g/mol. The van der Waals surface area contributed by atoms with E-state index in [0.29, 0.717) is 43.0 Å². The third kappa shape index (κ3) is 4.34. The zero-order valence-corrected chi connectivity index (χ0v) is 15.7. The molecule has 1 aliphatic heterocycles. The predicted molar refractivity (Wildman–Crippen MR) is 102 cm³/mol. The van der Waals surface area contributed by atoms with Gasteiger partial charge in [0, 0.05) is 37.4 Å². The van der Waals surface area contributed by atoms with Gasteiger partial charge in [0.1, 0.15) is 0 Å². The Hall–Kier alpha value is -2.73. The van der Waals surface area contributed by atoms with Crippen LogP contribution in [0.1, 0.15) is 15.9 Å². The van der Waals surface area contributed by atoms with E-state index >= 15 is 0 Å². The molecular formula is C19H20N4O3S. The van der Waals surface area contributed by atoms with Crippen LogP contribution in [0.4, 0.5) is 5.69 Å². The van der Waals surface area contributed by atoms with Crippen LogP contribution in [-0.4, -0.2) is 56.8 Å². The van der Waals surface area contributed by atoms with E-state index < -0.39 is 10.0 Å². The maximum atomic E-state index is 12.7. The summed E-state index contributed by atoms with van der Waals surface area (Å²) in [6, 6.07) is 14.4. The topological polar surface area (TPSA) is 93.5 Å². The number of benzene rings is 2. The smallest absolute Gasteiger partial charge is 0.255 e. The third-order valence-electron chi connectivity index (χ3n) is 4.49. The first-order valence-electron chi connectivity index (χ1n) is 8.50. The summed E-state index contributed by atoms with van der Waals surface area (Å²) in [5.74, 6) is -0.325. The highest BCUT2D eigenvalue weighted by Crippen LogP contribution is 2.20. The minimum Gasteiger partial charge on any atom is -0.322 e. The summed E-state index contributed by atoms with van der Waals surface area (Å²) in [4.78, 5) is 14.6. The summed E-state index contributed by atoms with van der Waals surface area (Å²) in [7, 11) is -1.56. The number of sulfonamides is 1. The number of anilines is 1. The fraction of sp³-hybridized carbons (Fsp3) is 0.263. The molecule has 1 aliphatic rings. The van der Waals surface area contributed by atoms with Crippen molar-refractivity contribution in [2.75, 3.05) is 38.5 Å². The van der Waals surface area contributed by atoms with E-state index in [1.807, 2.05) is 13.1 Å². The van der Waals surface area contributed by atoms with Crippen molar-refractivity contribution in [2.45, 2.75) is 4.90 Å². The van der Waals surface area contributed by atoms with Crippen LogP contribution in [0, 0.1) is 11.3 Å². The Bertz CT molecular complexity index is 956. The second-order valence-corrected chi connectivity index (χ2v) is 8.31. The molecule has 0 saturated carbocycles. The number of hydrogen-bond donors (Lipinski definition) is 1. The molecule has 27 heavy (non-hydrogen) atoms. The molecule has 0 spiro atoms.